The van der Waals surface area contributed by atoms with Gasteiger partial charge in [0.05, 0.1) is 12.6 Å². The van der Waals surface area contributed by atoms with Gasteiger partial charge in [-0.1, -0.05) is 12.1 Å². The third-order valence-electron chi connectivity index (χ3n) is 4.49. The fourth-order valence-electron chi connectivity index (χ4n) is 3.16. The van der Waals surface area contributed by atoms with Crippen LogP contribution in [-0.4, -0.2) is 39.9 Å². The second-order valence-electron chi connectivity index (χ2n) is 6.65. The topological polar surface area (TPSA) is 75.1 Å². The molecule has 2 atom stereocenters. The van der Waals surface area contributed by atoms with Gasteiger partial charge >= 0.3 is 6.03 Å². The van der Waals surface area contributed by atoms with E-state index >= 15 is 0 Å². The lowest BCUT2D eigenvalue weighted by Gasteiger charge is -2.21. The number of hydrogen-bond acceptors (Lipinski definition) is 4. The minimum atomic E-state index is -0.174. The SMILES string of the molecule is C[C@@H](Cn1cncn1)NC(=O)N[C@H](C)c1cccc(N2CCCC2)c1. The molecule has 1 fully saturated rings. The zero-order valence-corrected chi connectivity index (χ0v) is 14.9. The molecule has 134 valence electrons. The van der Waals surface area contributed by atoms with Gasteiger partial charge in [0.25, 0.3) is 0 Å². The fourth-order valence-corrected chi connectivity index (χ4v) is 3.16. The first-order valence-electron chi connectivity index (χ1n) is 8.86. The zero-order valence-electron chi connectivity index (χ0n) is 14.9. The standard InChI is InChI=1S/C18H26N6O/c1-14(11-24-13-19-12-20-24)21-18(25)22-15(2)16-6-5-7-17(10-16)23-8-3-4-9-23/h5-7,10,12-15H,3-4,8-9,11H2,1-2H3,(H2,21,22,25)/t14-,15+/m0/s1. The molecule has 1 aliphatic rings. The Labute approximate surface area is 148 Å². The first-order chi connectivity index (χ1) is 12.1. The van der Waals surface area contributed by atoms with Crippen molar-refractivity contribution in [2.24, 2.45) is 0 Å². The van der Waals surface area contributed by atoms with Crippen LogP contribution < -0.4 is 15.5 Å². The maximum atomic E-state index is 12.2. The third-order valence-corrected chi connectivity index (χ3v) is 4.49. The highest BCUT2D eigenvalue weighted by molar-refractivity contribution is 5.74. The van der Waals surface area contributed by atoms with Crippen molar-refractivity contribution >= 4 is 11.7 Å². The van der Waals surface area contributed by atoms with E-state index in [0.29, 0.717) is 6.54 Å². The summed E-state index contributed by atoms with van der Waals surface area (Å²) in [4.78, 5) is 18.5. The zero-order chi connectivity index (χ0) is 17.6. The average Bonchev–Trinajstić information content (AvgIpc) is 3.28. The molecule has 0 aliphatic carbocycles. The Kier molecular flexibility index (Phi) is 5.53. The Hall–Kier alpha value is -2.57. The first-order valence-corrected chi connectivity index (χ1v) is 8.86. The Balaban J connectivity index is 1.53. The van der Waals surface area contributed by atoms with Crippen molar-refractivity contribution in [2.75, 3.05) is 18.0 Å². The van der Waals surface area contributed by atoms with Gasteiger partial charge in [0.1, 0.15) is 12.7 Å². The van der Waals surface area contributed by atoms with Crippen LogP contribution in [0.1, 0.15) is 38.3 Å². The Morgan fingerprint density at radius 1 is 1.24 bits per heavy atom. The number of amides is 2. The van der Waals surface area contributed by atoms with Gasteiger partial charge in [0.2, 0.25) is 0 Å². The van der Waals surface area contributed by atoms with Gasteiger partial charge in [-0.25, -0.2) is 9.78 Å². The molecule has 2 heterocycles. The molecule has 0 unspecified atom stereocenters. The summed E-state index contributed by atoms with van der Waals surface area (Å²) in [6.45, 7) is 6.77. The van der Waals surface area contributed by atoms with Crippen molar-refractivity contribution in [1.29, 1.82) is 0 Å². The van der Waals surface area contributed by atoms with E-state index in [1.54, 1.807) is 11.0 Å². The van der Waals surface area contributed by atoms with Crippen LogP contribution in [0.4, 0.5) is 10.5 Å². The summed E-state index contributed by atoms with van der Waals surface area (Å²) >= 11 is 0. The number of nitrogens with zero attached hydrogens (tertiary/aromatic N) is 4. The number of rotatable bonds is 6. The van der Waals surface area contributed by atoms with Crippen molar-refractivity contribution in [3.8, 4) is 0 Å². The largest absolute Gasteiger partial charge is 0.372 e. The molecule has 1 saturated heterocycles. The Morgan fingerprint density at radius 2 is 2.04 bits per heavy atom. The van der Waals surface area contributed by atoms with E-state index in [4.69, 9.17) is 0 Å². The lowest BCUT2D eigenvalue weighted by atomic mass is 10.1. The maximum Gasteiger partial charge on any atom is 0.315 e. The van der Waals surface area contributed by atoms with E-state index in [2.05, 4.69) is 49.9 Å². The molecule has 7 nitrogen and oxygen atoms in total. The molecule has 2 amide bonds. The van der Waals surface area contributed by atoms with Crippen molar-refractivity contribution in [3.05, 3.63) is 42.5 Å². The molecule has 0 saturated carbocycles. The smallest absolute Gasteiger partial charge is 0.315 e. The summed E-state index contributed by atoms with van der Waals surface area (Å²) < 4.78 is 1.70. The molecule has 2 N–H and O–H groups in total. The lowest BCUT2D eigenvalue weighted by Crippen LogP contribution is -2.43. The van der Waals surface area contributed by atoms with Gasteiger partial charge in [-0.3, -0.25) is 4.68 Å². The van der Waals surface area contributed by atoms with Gasteiger partial charge in [-0.05, 0) is 44.4 Å². The average molecular weight is 342 g/mol. The summed E-state index contributed by atoms with van der Waals surface area (Å²) in [5.74, 6) is 0. The van der Waals surface area contributed by atoms with Gasteiger partial charge in [-0.15, -0.1) is 0 Å². The van der Waals surface area contributed by atoms with Crippen LogP contribution in [0.2, 0.25) is 0 Å². The van der Waals surface area contributed by atoms with Crippen LogP contribution >= 0.6 is 0 Å². The summed E-state index contributed by atoms with van der Waals surface area (Å²) in [6, 6.07) is 8.17. The van der Waals surface area contributed by atoms with Crippen LogP contribution in [-0.2, 0) is 6.54 Å². The third kappa shape index (κ3) is 4.71. The number of urea groups is 1. The number of hydrogen-bond donors (Lipinski definition) is 2. The first kappa shape index (κ1) is 17.3. The maximum absolute atomic E-state index is 12.2. The van der Waals surface area contributed by atoms with Crippen LogP contribution in [0.25, 0.3) is 0 Å². The predicted molar refractivity (Wildman–Crippen MR) is 97.5 cm³/mol. The summed E-state index contributed by atoms with van der Waals surface area (Å²) in [7, 11) is 0. The number of carbonyl (C=O) groups excluding carboxylic acids is 1. The van der Waals surface area contributed by atoms with E-state index in [1.165, 1.54) is 24.9 Å². The summed E-state index contributed by atoms with van der Waals surface area (Å²) in [6.07, 6.45) is 5.64. The fraction of sp³-hybridized carbons (Fsp3) is 0.500. The van der Waals surface area contributed by atoms with Crippen molar-refractivity contribution in [1.82, 2.24) is 25.4 Å². The van der Waals surface area contributed by atoms with Gasteiger partial charge in [0.15, 0.2) is 0 Å². The minimum absolute atomic E-state index is 0.0372. The molecule has 1 aromatic heterocycles. The van der Waals surface area contributed by atoms with Crippen molar-refractivity contribution in [2.45, 2.75) is 45.3 Å². The predicted octanol–water partition coefficient (Wildman–Crippen LogP) is 2.33. The number of nitrogens with one attached hydrogen (secondary N) is 2. The Bertz CT molecular complexity index is 681. The molecule has 0 spiro atoms. The number of anilines is 1. The lowest BCUT2D eigenvalue weighted by molar-refractivity contribution is 0.233. The van der Waals surface area contributed by atoms with E-state index in [-0.39, 0.29) is 18.1 Å². The second-order valence-corrected chi connectivity index (χ2v) is 6.65. The number of aromatic nitrogens is 3. The van der Waals surface area contributed by atoms with E-state index < -0.39 is 0 Å². The molecule has 3 rings (SSSR count). The molecule has 1 aromatic carbocycles. The van der Waals surface area contributed by atoms with Crippen molar-refractivity contribution < 1.29 is 4.79 Å². The number of carbonyl (C=O) groups is 1. The highest BCUT2D eigenvalue weighted by atomic mass is 16.2. The van der Waals surface area contributed by atoms with Crippen LogP contribution in [0.5, 0.6) is 0 Å². The monoisotopic (exact) mass is 342 g/mol. The molecule has 25 heavy (non-hydrogen) atoms. The summed E-state index contributed by atoms with van der Waals surface area (Å²) in [5, 5.41) is 10.00. The van der Waals surface area contributed by atoms with Gasteiger partial charge < -0.3 is 15.5 Å². The summed E-state index contributed by atoms with van der Waals surface area (Å²) in [5.41, 5.74) is 2.35. The highest BCUT2D eigenvalue weighted by Crippen LogP contribution is 2.23. The molecule has 7 heteroatoms. The van der Waals surface area contributed by atoms with Crippen molar-refractivity contribution in [3.63, 3.8) is 0 Å². The normalized spacial score (nSPS) is 16.5. The Morgan fingerprint density at radius 3 is 2.76 bits per heavy atom. The van der Waals surface area contributed by atoms with Crippen LogP contribution in [0, 0.1) is 0 Å². The van der Waals surface area contributed by atoms with E-state index in [1.807, 2.05) is 13.8 Å². The highest BCUT2D eigenvalue weighted by Gasteiger charge is 2.16. The molecular formula is C18H26N6O. The van der Waals surface area contributed by atoms with E-state index in [9.17, 15) is 4.79 Å². The van der Waals surface area contributed by atoms with Crippen LogP contribution in [0.3, 0.4) is 0 Å². The van der Waals surface area contributed by atoms with Crippen LogP contribution in [0.15, 0.2) is 36.9 Å². The van der Waals surface area contributed by atoms with Gasteiger partial charge in [0, 0.05) is 24.8 Å². The molecule has 1 aliphatic heterocycles. The second kappa shape index (κ2) is 8.00. The molecule has 0 radical (unpaired) electrons. The minimum Gasteiger partial charge on any atom is -0.372 e. The molecule has 2 aromatic rings. The molecular weight excluding hydrogens is 316 g/mol. The van der Waals surface area contributed by atoms with E-state index in [0.717, 1.165) is 18.7 Å². The van der Waals surface area contributed by atoms with Gasteiger partial charge in [-0.2, -0.15) is 5.10 Å². The molecule has 0 bridgehead atoms. The number of benzene rings is 1. The quantitative estimate of drug-likeness (QED) is 0.845.